The molecule has 0 unspecified atom stereocenters. The first kappa shape index (κ1) is 24.6. The number of carbonyl (C=O) groups is 1. The van der Waals surface area contributed by atoms with Crippen LogP contribution < -0.4 is 17.1 Å². The first-order valence-corrected chi connectivity index (χ1v) is 11.1. The Hall–Kier alpha value is -1.40. The minimum absolute atomic E-state index is 0. The molecule has 1 heterocycles. The number of aromatic amines is 1. The Bertz CT molecular complexity index is 693. The molecule has 0 radical (unpaired) electrons. The fourth-order valence-electron chi connectivity index (χ4n) is 2.88. The van der Waals surface area contributed by atoms with Gasteiger partial charge in [-0.2, -0.15) is 0 Å². The number of aromatic nitrogens is 2. The molecule has 0 aliphatic carbocycles. The van der Waals surface area contributed by atoms with Crippen LogP contribution in [0.1, 0.15) is 65.2 Å². The second-order valence-electron chi connectivity index (χ2n) is 6.64. The zero-order valence-corrected chi connectivity index (χ0v) is 18.5. The van der Waals surface area contributed by atoms with Gasteiger partial charge in [-0.15, -0.1) is 0 Å². The average Bonchev–Trinajstić information content (AvgIpc) is 3.07. The highest BCUT2D eigenvalue weighted by molar-refractivity contribution is 7.99. The zero-order chi connectivity index (χ0) is 19.3. The lowest BCUT2D eigenvalue weighted by Gasteiger charge is -2.04. The topological polar surface area (TPSA) is 64.2 Å². The molecule has 0 bridgehead atoms. The van der Waals surface area contributed by atoms with Gasteiger partial charge in [0, 0.05) is 6.07 Å². The van der Waals surface area contributed by atoms with Gasteiger partial charge in [0.1, 0.15) is 5.75 Å². The molecule has 0 aliphatic rings. The Kier molecular flexibility index (Phi) is 12.8. The number of halogens is 1. The van der Waals surface area contributed by atoms with Crippen molar-refractivity contribution in [2.24, 2.45) is 0 Å². The van der Waals surface area contributed by atoms with Gasteiger partial charge in [-0.3, -0.25) is 4.79 Å². The number of hydrogen-bond donors (Lipinski definition) is 1. The summed E-state index contributed by atoms with van der Waals surface area (Å²) in [5.41, 5.74) is 1.78. The minimum Gasteiger partial charge on any atom is -1.00 e. The molecule has 0 spiro atoms. The summed E-state index contributed by atoms with van der Waals surface area (Å²) in [7, 11) is 0. The van der Waals surface area contributed by atoms with Gasteiger partial charge in [-0.1, -0.05) is 63.6 Å². The number of H-pyrrole nitrogens is 1. The van der Waals surface area contributed by atoms with Crippen molar-refractivity contribution in [2.45, 2.75) is 70.4 Å². The van der Waals surface area contributed by atoms with E-state index in [1.165, 1.54) is 50.3 Å². The normalized spacial score (nSPS) is 10.6. The number of hydrogen-bond acceptors (Lipinski definition) is 5. The third-order valence-corrected chi connectivity index (χ3v) is 5.18. The highest BCUT2D eigenvalue weighted by Gasteiger charge is 2.09. The average molecular weight is 428 g/mol. The fraction of sp³-hybridized carbons (Fsp3) is 0.619. The lowest BCUT2D eigenvalue weighted by Crippen LogP contribution is -3.00. The molecule has 0 saturated heterocycles. The number of nitrogens with one attached hydrogen (secondary N) is 1. The summed E-state index contributed by atoms with van der Waals surface area (Å²) in [6.07, 6.45) is 9.92. The SMILES string of the molecule is CCCCCCCCCCOC(=O)CSc1nc2ccc(OCC)cc2[nH]1.[Cl-]. The molecule has 7 heteroatoms. The predicted molar refractivity (Wildman–Crippen MR) is 112 cm³/mol. The fourth-order valence-corrected chi connectivity index (χ4v) is 3.56. The molecule has 158 valence electrons. The molecule has 0 amide bonds. The number of fused-ring (bicyclic) bond motifs is 1. The first-order valence-electron chi connectivity index (χ1n) is 10.1. The van der Waals surface area contributed by atoms with Gasteiger partial charge in [-0.05, 0) is 25.5 Å². The molecule has 0 saturated carbocycles. The van der Waals surface area contributed by atoms with Crippen LogP contribution in [0.4, 0.5) is 0 Å². The van der Waals surface area contributed by atoms with Gasteiger partial charge >= 0.3 is 5.97 Å². The number of thioether (sulfide) groups is 1. The molecule has 2 aromatic rings. The lowest BCUT2D eigenvalue weighted by molar-refractivity contribution is -0.140. The van der Waals surface area contributed by atoms with Crippen LogP contribution in [0, 0.1) is 0 Å². The van der Waals surface area contributed by atoms with Crippen LogP contribution in [0.15, 0.2) is 23.4 Å². The highest BCUT2D eigenvalue weighted by Crippen LogP contribution is 2.23. The Morgan fingerprint density at radius 1 is 1.07 bits per heavy atom. The van der Waals surface area contributed by atoms with Crippen molar-refractivity contribution in [3.63, 3.8) is 0 Å². The number of benzene rings is 1. The number of unbranched alkanes of at least 4 members (excludes halogenated alkanes) is 7. The van der Waals surface area contributed by atoms with Crippen molar-refractivity contribution >= 4 is 28.8 Å². The smallest absolute Gasteiger partial charge is 0.316 e. The summed E-state index contributed by atoms with van der Waals surface area (Å²) in [4.78, 5) is 19.6. The number of esters is 1. The van der Waals surface area contributed by atoms with Crippen molar-refractivity contribution in [1.82, 2.24) is 9.97 Å². The van der Waals surface area contributed by atoms with E-state index in [2.05, 4.69) is 16.9 Å². The van der Waals surface area contributed by atoms with Crippen molar-refractivity contribution in [1.29, 1.82) is 0 Å². The van der Waals surface area contributed by atoms with E-state index in [1.807, 2.05) is 25.1 Å². The summed E-state index contributed by atoms with van der Waals surface area (Å²) in [5, 5.41) is 0.725. The molecular weight excluding hydrogens is 396 g/mol. The maximum Gasteiger partial charge on any atom is 0.316 e. The summed E-state index contributed by atoms with van der Waals surface area (Å²) in [6, 6.07) is 5.75. The highest BCUT2D eigenvalue weighted by atomic mass is 35.5. The molecule has 28 heavy (non-hydrogen) atoms. The van der Waals surface area contributed by atoms with Crippen molar-refractivity contribution in [2.75, 3.05) is 19.0 Å². The van der Waals surface area contributed by atoms with Gasteiger partial charge in [0.15, 0.2) is 5.16 Å². The Morgan fingerprint density at radius 3 is 2.50 bits per heavy atom. The third kappa shape index (κ3) is 9.20. The van der Waals surface area contributed by atoms with E-state index in [9.17, 15) is 4.79 Å². The molecule has 1 N–H and O–H groups in total. The van der Waals surface area contributed by atoms with Gasteiger partial charge in [0.2, 0.25) is 0 Å². The van der Waals surface area contributed by atoms with E-state index >= 15 is 0 Å². The largest absolute Gasteiger partial charge is 1.00 e. The van der Waals surface area contributed by atoms with E-state index in [0.717, 1.165) is 34.8 Å². The molecule has 0 fully saturated rings. The van der Waals surface area contributed by atoms with E-state index < -0.39 is 0 Å². The number of carbonyl (C=O) groups excluding carboxylic acids is 1. The van der Waals surface area contributed by atoms with E-state index in [0.29, 0.717) is 13.2 Å². The number of ether oxygens (including phenoxy) is 2. The maximum atomic E-state index is 11.9. The predicted octanol–water partition coefficient (Wildman–Crippen LogP) is 2.74. The quantitative estimate of drug-likeness (QED) is 0.285. The molecule has 5 nitrogen and oxygen atoms in total. The Labute approximate surface area is 178 Å². The lowest BCUT2D eigenvalue weighted by atomic mass is 10.1. The second kappa shape index (κ2) is 14.6. The standard InChI is InChI=1S/C21H32N2O3S.ClH/c1-3-5-6-7-8-9-10-11-14-26-20(24)16-27-21-22-18-13-12-17(25-4-2)15-19(18)23-21;/h12-13,15H,3-11,14,16H2,1-2H3,(H,22,23);1H/p-1. The van der Waals surface area contributed by atoms with Gasteiger partial charge in [0.05, 0.1) is 30.0 Å². The van der Waals surface area contributed by atoms with Crippen LogP contribution in [0.2, 0.25) is 0 Å². The second-order valence-corrected chi connectivity index (χ2v) is 7.60. The van der Waals surface area contributed by atoms with Crippen LogP contribution in [0.25, 0.3) is 11.0 Å². The molecule has 2 rings (SSSR count). The number of nitrogens with zero attached hydrogens (tertiary/aromatic N) is 1. The van der Waals surface area contributed by atoms with Crippen molar-refractivity contribution < 1.29 is 26.7 Å². The summed E-state index contributed by atoms with van der Waals surface area (Å²) >= 11 is 1.37. The third-order valence-electron chi connectivity index (χ3n) is 4.33. The van der Waals surface area contributed by atoms with E-state index in [1.54, 1.807) is 0 Å². The van der Waals surface area contributed by atoms with E-state index in [4.69, 9.17) is 9.47 Å². The summed E-state index contributed by atoms with van der Waals surface area (Å²) in [6.45, 7) is 5.34. The Morgan fingerprint density at radius 2 is 1.79 bits per heavy atom. The van der Waals surface area contributed by atoms with Crippen LogP contribution in [-0.4, -0.2) is 34.9 Å². The van der Waals surface area contributed by atoms with Crippen LogP contribution in [0.5, 0.6) is 5.75 Å². The van der Waals surface area contributed by atoms with Gasteiger partial charge < -0.3 is 26.9 Å². The minimum atomic E-state index is -0.182. The van der Waals surface area contributed by atoms with Gasteiger partial charge in [-0.25, -0.2) is 4.98 Å². The number of rotatable bonds is 14. The van der Waals surface area contributed by atoms with Crippen LogP contribution in [-0.2, 0) is 9.53 Å². The Balaban J connectivity index is 0.00000392. The molecule has 1 aromatic heterocycles. The van der Waals surface area contributed by atoms with Crippen LogP contribution in [0.3, 0.4) is 0 Å². The zero-order valence-electron chi connectivity index (χ0n) is 17.0. The van der Waals surface area contributed by atoms with Gasteiger partial charge in [0.25, 0.3) is 0 Å². The summed E-state index contributed by atoms with van der Waals surface area (Å²) < 4.78 is 10.8. The van der Waals surface area contributed by atoms with Crippen molar-refractivity contribution in [3.05, 3.63) is 18.2 Å². The maximum absolute atomic E-state index is 11.9. The summed E-state index contributed by atoms with van der Waals surface area (Å²) in [5.74, 6) is 0.906. The number of imidazole rings is 1. The molecular formula is C21H32ClN2O3S-. The van der Waals surface area contributed by atoms with Crippen LogP contribution >= 0.6 is 11.8 Å². The monoisotopic (exact) mass is 427 g/mol. The van der Waals surface area contributed by atoms with Crippen molar-refractivity contribution in [3.8, 4) is 5.75 Å². The van der Waals surface area contributed by atoms with E-state index in [-0.39, 0.29) is 24.1 Å². The molecule has 0 atom stereocenters. The first-order chi connectivity index (χ1) is 13.2. The molecule has 0 aliphatic heterocycles. The molecule has 1 aromatic carbocycles.